The maximum absolute atomic E-state index is 13.4. The molecule has 1 aliphatic rings. The molecule has 0 radical (unpaired) electrons. The summed E-state index contributed by atoms with van der Waals surface area (Å²) in [6.07, 6.45) is 2.28. The van der Waals surface area contributed by atoms with Crippen molar-refractivity contribution < 1.29 is 9.50 Å². The highest BCUT2D eigenvalue weighted by Crippen LogP contribution is 2.45. The fraction of sp³-hybridized carbons (Fsp3) is 0.400. The average molecular weight is 280 g/mol. The van der Waals surface area contributed by atoms with Crippen molar-refractivity contribution in [3.8, 4) is 0 Å². The van der Waals surface area contributed by atoms with Crippen molar-refractivity contribution in [2.75, 3.05) is 0 Å². The van der Waals surface area contributed by atoms with Crippen LogP contribution in [-0.2, 0) is 5.60 Å². The Morgan fingerprint density at radius 2 is 2.07 bits per heavy atom. The number of hydrogen-bond donors (Lipinski definition) is 1. The zero-order valence-corrected chi connectivity index (χ0v) is 9.70. The molecule has 0 unspecified atom stereocenters. The Labute approximate surface area is 95.0 Å². The van der Waals surface area contributed by atoms with Gasteiger partial charge in [-0.25, -0.2) is 4.39 Å². The molecule has 1 aromatic rings. The second-order valence-corrected chi connectivity index (χ2v) is 4.84. The third-order valence-corrected chi connectivity index (χ3v) is 3.70. The zero-order chi connectivity index (χ0) is 10.3. The summed E-state index contributed by atoms with van der Waals surface area (Å²) in [6, 6.07) is 3.25. The smallest absolute Gasteiger partial charge is 0.156 e. The van der Waals surface area contributed by atoms with Gasteiger partial charge in [0.2, 0.25) is 0 Å². The molecule has 1 nitrogen and oxygen atoms in total. The molecule has 0 bridgehead atoms. The molecule has 0 heterocycles. The summed E-state index contributed by atoms with van der Waals surface area (Å²) < 4.78 is 13.7. The highest BCUT2D eigenvalue weighted by atomic mass is 79.9. The van der Waals surface area contributed by atoms with Crippen LogP contribution in [0.5, 0.6) is 0 Å². The fourth-order valence-corrected chi connectivity index (χ4v) is 2.45. The molecule has 76 valence electrons. The third kappa shape index (κ3) is 1.47. The van der Waals surface area contributed by atoms with Gasteiger partial charge in [-0.2, -0.15) is 0 Å². The van der Waals surface area contributed by atoms with Crippen LogP contribution in [0, 0.1) is 5.82 Å². The molecule has 1 saturated carbocycles. The SMILES string of the molecule is OC1(c2ccc(Br)c(F)c2Cl)CCC1. The summed E-state index contributed by atoms with van der Waals surface area (Å²) in [7, 11) is 0. The van der Waals surface area contributed by atoms with E-state index in [1.54, 1.807) is 12.1 Å². The highest BCUT2D eigenvalue weighted by molar-refractivity contribution is 9.10. The lowest BCUT2D eigenvalue weighted by molar-refractivity contribution is -0.0389. The maximum Gasteiger partial charge on any atom is 0.156 e. The van der Waals surface area contributed by atoms with Crippen LogP contribution < -0.4 is 0 Å². The van der Waals surface area contributed by atoms with Crippen LogP contribution in [0.2, 0.25) is 5.02 Å². The Morgan fingerprint density at radius 1 is 1.43 bits per heavy atom. The normalized spacial score (nSPS) is 19.1. The predicted molar refractivity (Wildman–Crippen MR) is 56.9 cm³/mol. The minimum Gasteiger partial charge on any atom is -0.385 e. The van der Waals surface area contributed by atoms with E-state index >= 15 is 0 Å². The largest absolute Gasteiger partial charge is 0.385 e. The highest BCUT2D eigenvalue weighted by Gasteiger charge is 2.38. The quantitative estimate of drug-likeness (QED) is 0.779. The average Bonchev–Trinajstić information content (AvgIpc) is 2.11. The van der Waals surface area contributed by atoms with Gasteiger partial charge in [-0.15, -0.1) is 0 Å². The van der Waals surface area contributed by atoms with Gasteiger partial charge < -0.3 is 5.11 Å². The third-order valence-electron chi connectivity index (χ3n) is 2.72. The van der Waals surface area contributed by atoms with Gasteiger partial charge in [-0.1, -0.05) is 17.7 Å². The van der Waals surface area contributed by atoms with Crippen LogP contribution in [0.4, 0.5) is 4.39 Å². The maximum atomic E-state index is 13.4. The van der Waals surface area contributed by atoms with Crippen LogP contribution in [0.15, 0.2) is 16.6 Å². The molecular formula is C10H9BrClFO. The van der Waals surface area contributed by atoms with Crippen molar-refractivity contribution in [2.45, 2.75) is 24.9 Å². The van der Waals surface area contributed by atoms with Gasteiger partial charge in [0.05, 0.1) is 15.1 Å². The molecule has 2 rings (SSSR count). The lowest BCUT2D eigenvalue weighted by atomic mass is 9.75. The first kappa shape index (κ1) is 10.4. The molecule has 0 aliphatic heterocycles. The summed E-state index contributed by atoms with van der Waals surface area (Å²) in [5.41, 5.74) is -0.398. The van der Waals surface area contributed by atoms with E-state index in [0.717, 1.165) is 6.42 Å². The fourth-order valence-electron chi connectivity index (χ4n) is 1.67. The molecule has 0 saturated heterocycles. The first-order chi connectivity index (χ1) is 6.54. The van der Waals surface area contributed by atoms with Crippen LogP contribution in [0.25, 0.3) is 0 Å². The summed E-state index contributed by atoms with van der Waals surface area (Å²) >= 11 is 8.88. The molecule has 0 amide bonds. The van der Waals surface area contributed by atoms with E-state index in [9.17, 15) is 9.50 Å². The van der Waals surface area contributed by atoms with Crippen molar-refractivity contribution in [3.05, 3.63) is 33.0 Å². The molecule has 0 spiro atoms. The Morgan fingerprint density at radius 3 is 2.57 bits per heavy atom. The number of rotatable bonds is 1. The lowest BCUT2D eigenvalue weighted by Crippen LogP contribution is -2.34. The van der Waals surface area contributed by atoms with Gasteiger partial charge in [0.1, 0.15) is 0 Å². The standard InChI is InChI=1S/C10H9BrClFO/c11-7-3-2-6(8(12)9(7)13)10(14)4-1-5-10/h2-3,14H,1,4-5H2. The van der Waals surface area contributed by atoms with E-state index in [2.05, 4.69) is 15.9 Å². The Kier molecular flexibility index (Phi) is 2.58. The van der Waals surface area contributed by atoms with E-state index in [-0.39, 0.29) is 5.02 Å². The molecule has 1 fully saturated rings. The summed E-state index contributed by atoms with van der Waals surface area (Å²) in [5, 5.41) is 10.0. The summed E-state index contributed by atoms with van der Waals surface area (Å²) in [6.45, 7) is 0. The lowest BCUT2D eigenvalue weighted by Gasteiger charge is -2.37. The van der Waals surface area contributed by atoms with E-state index < -0.39 is 11.4 Å². The molecule has 14 heavy (non-hydrogen) atoms. The number of aliphatic hydroxyl groups is 1. The zero-order valence-electron chi connectivity index (χ0n) is 7.36. The molecule has 1 N–H and O–H groups in total. The Balaban J connectivity index is 2.49. The van der Waals surface area contributed by atoms with E-state index in [4.69, 9.17) is 11.6 Å². The number of benzene rings is 1. The molecule has 0 atom stereocenters. The van der Waals surface area contributed by atoms with E-state index in [1.807, 2.05) is 0 Å². The van der Waals surface area contributed by atoms with Gasteiger partial charge in [-0.05, 0) is 41.3 Å². The van der Waals surface area contributed by atoms with Gasteiger partial charge >= 0.3 is 0 Å². The van der Waals surface area contributed by atoms with Crippen LogP contribution >= 0.6 is 27.5 Å². The van der Waals surface area contributed by atoms with Crippen LogP contribution in [0.3, 0.4) is 0 Å². The van der Waals surface area contributed by atoms with Gasteiger partial charge in [0, 0.05) is 5.56 Å². The summed E-state index contributed by atoms with van der Waals surface area (Å²) in [4.78, 5) is 0. The van der Waals surface area contributed by atoms with Crippen molar-refractivity contribution in [2.24, 2.45) is 0 Å². The molecule has 0 aromatic heterocycles. The summed E-state index contributed by atoms with van der Waals surface area (Å²) in [5.74, 6) is -0.496. The second-order valence-electron chi connectivity index (χ2n) is 3.61. The van der Waals surface area contributed by atoms with Gasteiger partial charge in [-0.3, -0.25) is 0 Å². The first-order valence-corrected chi connectivity index (χ1v) is 5.58. The Hall–Kier alpha value is -0.120. The van der Waals surface area contributed by atoms with E-state index in [0.29, 0.717) is 22.9 Å². The predicted octanol–water partition coefficient (Wildman–Crippen LogP) is 3.61. The minimum absolute atomic E-state index is 0.0292. The Bertz CT molecular complexity index is 377. The first-order valence-electron chi connectivity index (χ1n) is 4.41. The monoisotopic (exact) mass is 278 g/mol. The molecule has 1 aromatic carbocycles. The van der Waals surface area contributed by atoms with Crippen molar-refractivity contribution >= 4 is 27.5 Å². The van der Waals surface area contributed by atoms with Gasteiger partial charge in [0.15, 0.2) is 5.82 Å². The molecule has 1 aliphatic carbocycles. The second kappa shape index (κ2) is 3.47. The van der Waals surface area contributed by atoms with Crippen molar-refractivity contribution in [1.29, 1.82) is 0 Å². The van der Waals surface area contributed by atoms with Crippen molar-refractivity contribution in [3.63, 3.8) is 0 Å². The van der Waals surface area contributed by atoms with Crippen LogP contribution in [0.1, 0.15) is 24.8 Å². The molecular weight excluding hydrogens is 270 g/mol. The molecule has 4 heteroatoms. The topological polar surface area (TPSA) is 20.2 Å². The minimum atomic E-state index is -0.904. The van der Waals surface area contributed by atoms with Crippen molar-refractivity contribution in [1.82, 2.24) is 0 Å². The van der Waals surface area contributed by atoms with E-state index in [1.165, 1.54) is 0 Å². The number of hydrogen-bond acceptors (Lipinski definition) is 1. The number of halogens is 3. The van der Waals surface area contributed by atoms with Gasteiger partial charge in [0.25, 0.3) is 0 Å². The van der Waals surface area contributed by atoms with Crippen LogP contribution in [-0.4, -0.2) is 5.11 Å².